The van der Waals surface area contributed by atoms with E-state index in [1.807, 2.05) is 35.2 Å². The predicted octanol–water partition coefficient (Wildman–Crippen LogP) is 2.76. The molecule has 1 aromatic carbocycles. The molecule has 1 fully saturated rings. The molecule has 0 unspecified atom stereocenters. The molecule has 1 aromatic heterocycles. The Hall–Kier alpha value is -2.40. The molecule has 4 nitrogen and oxygen atoms in total. The van der Waals surface area contributed by atoms with Crippen molar-refractivity contribution in [2.24, 2.45) is 0 Å². The van der Waals surface area contributed by atoms with Crippen LogP contribution in [0.3, 0.4) is 0 Å². The fraction of sp³-hybridized carbons (Fsp3) is 0.125. The van der Waals surface area contributed by atoms with Crippen molar-refractivity contribution in [3.63, 3.8) is 0 Å². The van der Waals surface area contributed by atoms with Crippen LogP contribution in [0.15, 0.2) is 52.8 Å². The van der Waals surface area contributed by atoms with E-state index in [1.165, 1.54) is 5.56 Å². The highest BCUT2D eigenvalue weighted by Gasteiger charge is 2.40. The number of carbonyl (C=O) groups is 1. The topological polar surface area (TPSA) is 36.7 Å². The van der Waals surface area contributed by atoms with Gasteiger partial charge in [-0.05, 0) is 41.6 Å². The molecule has 0 radical (unpaired) electrons. The predicted molar refractivity (Wildman–Crippen MR) is 81.8 cm³/mol. The Bertz CT molecular complexity index is 764. The first-order valence-corrected chi connectivity index (χ1v) is 7.10. The summed E-state index contributed by atoms with van der Waals surface area (Å²) in [7, 11) is 0. The van der Waals surface area contributed by atoms with Gasteiger partial charge < -0.3 is 9.32 Å². The van der Waals surface area contributed by atoms with E-state index in [9.17, 15) is 4.79 Å². The SMILES string of the molecule is O=C1C2=Cc3ccccc3CN2C(=S)N1Cc1ccco1. The Morgan fingerprint density at radius 1 is 1.19 bits per heavy atom. The zero-order chi connectivity index (χ0) is 14.4. The average molecular weight is 296 g/mol. The standard InChI is InChI=1S/C16H12N2O2S/c19-15-14-8-11-4-1-2-5-12(11)9-17(14)16(21)18(15)10-13-6-3-7-20-13/h1-8H,9-10H2. The van der Waals surface area contributed by atoms with Gasteiger partial charge >= 0.3 is 0 Å². The van der Waals surface area contributed by atoms with Crippen molar-refractivity contribution in [2.45, 2.75) is 13.1 Å². The molecular formula is C16H12N2O2S. The number of hydrogen-bond acceptors (Lipinski definition) is 3. The van der Waals surface area contributed by atoms with Gasteiger partial charge in [-0.1, -0.05) is 24.3 Å². The number of thiocarbonyl (C=S) groups is 1. The quantitative estimate of drug-likeness (QED) is 0.799. The third kappa shape index (κ3) is 1.89. The lowest BCUT2D eigenvalue weighted by Crippen LogP contribution is -2.32. The maximum Gasteiger partial charge on any atom is 0.277 e. The van der Waals surface area contributed by atoms with E-state index in [1.54, 1.807) is 17.2 Å². The van der Waals surface area contributed by atoms with Crippen LogP contribution in [-0.2, 0) is 17.9 Å². The molecule has 2 aliphatic rings. The number of furan rings is 1. The maximum absolute atomic E-state index is 12.6. The van der Waals surface area contributed by atoms with Crippen LogP contribution in [0.25, 0.3) is 6.08 Å². The first-order valence-electron chi connectivity index (χ1n) is 6.69. The second kappa shape index (κ2) is 4.56. The largest absolute Gasteiger partial charge is 0.467 e. The minimum absolute atomic E-state index is 0.0640. The number of rotatable bonds is 2. The van der Waals surface area contributed by atoms with Crippen molar-refractivity contribution in [2.75, 3.05) is 0 Å². The van der Waals surface area contributed by atoms with Crippen molar-refractivity contribution in [1.82, 2.24) is 9.80 Å². The molecule has 0 atom stereocenters. The van der Waals surface area contributed by atoms with Gasteiger partial charge in [-0.25, -0.2) is 0 Å². The summed E-state index contributed by atoms with van der Waals surface area (Å²) >= 11 is 5.47. The van der Waals surface area contributed by atoms with Crippen LogP contribution in [0.5, 0.6) is 0 Å². The Balaban J connectivity index is 1.70. The van der Waals surface area contributed by atoms with Gasteiger partial charge in [0.15, 0.2) is 5.11 Å². The molecule has 0 bridgehead atoms. The van der Waals surface area contributed by atoms with Crippen molar-refractivity contribution in [3.05, 3.63) is 65.2 Å². The molecule has 0 aliphatic carbocycles. The molecule has 104 valence electrons. The third-order valence-electron chi connectivity index (χ3n) is 3.79. The molecule has 0 N–H and O–H groups in total. The van der Waals surface area contributed by atoms with Crippen LogP contribution in [0.1, 0.15) is 16.9 Å². The van der Waals surface area contributed by atoms with E-state index in [-0.39, 0.29) is 5.91 Å². The van der Waals surface area contributed by atoms with Crippen LogP contribution in [0.2, 0.25) is 0 Å². The number of nitrogens with zero attached hydrogens (tertiary/aromatic N) is 2. The number of amides is 1. The molecule has 1 saturated heterocycles. The van der Waals surface area contributed by atoms with Crippen molar-refractivity contribution < 1.29 is 9.21 Å². The van der Waals surface area contributed by atoms with E-state index in [4.69, 9.17) is 16.6 Å². The highest BCUT2D eigenvalue weighted by Crippen LogP contribution is 2.32. The van der Waals surface area contributed by atoms with Gasteiger partial charge in [0.2, 0.25) is 0 Å². The molecule has 3 heterocycles. The zero-order valence-corrected chi connectivity index (χ0v) is 12.0. The Morgan fingerprint density at radius 3 is 2.86 bits per heavy atom. The summed E-state index contributed by atoms with van der Waals surface area (Å²) in [6.45, 7) is 1.01. The highest BCUT2D eigenvalue weighted by atomic mass is 32.1. The lowest BCUT2D eigenvalue weighted by Gasteiger charge is -2.24. The maximum atomic E-state index is 12.6. The fourth-order valence-corrected chi connectivity index (χ4v) is 3.03. The molecule has 2 aromatic rings. The summed E-state index contributed by atoms with van der Waals surface area (Å²) in [5.74, 6) is 0.662. The second-order valence-corrected chi connectivity index (χ2v) is 5.43. The number of carbonyl (C=O) groups excluding carboxylic acids is 1. The first-order chi connectivity index (χ1) is 10.2. The second-order valence-electron chi connectivity index (χ2n) is 5.07. The summed E-state index contributed by atoms with van der Waals surface area (Å²) in [5.41, 5.74) is 2.90. The van der Waals surface area contributed by atoms with Crippen molar-refractivity contribution in [3.8, 4) is 0 Å². The van der Waals surface area contributed by atoms with E-state index in [0.717, 1.165) is 11.3 Å². The Labute approximate surface area is 127 Å². The van der Waals surface area contributed by atoms with Gasteiger partial charge in [-0.3, -0.25) is 9.69 Å². The monoisotopic (exact) mass is 296 g/mol. The van der Waals surface area contributed by atoms with E-state index in [2.05, 4.69) is 6.07 Å². The lowest BCUT2D eigenvalue weighted by molar-refractivity contribution is -0.123. The van der Waals surface area contributed by atoms with Gasteiger partial charge in [-0.15, -0.1) is 0 Å². The summed E-state index contributed by atoms with van der Waals surface area (Å²) in [6, 6.07) is 11.7. The van der Waals surface area contributed by atoms with Gasteiger partial charge in [0.25, 0.3) is 5.91 Å². The summed E-state index contributed by atoms with van der Waals surface area (Å²) in [4.78, 5) is 16.1. The van der Waals surface area contributed by atoms with Crippen LogP contribution in [0.4, 0.5) is 0 Å². The molecule has 0 saturated carbocycles. The van der Waals surface area contributed by atoms with Crippen LogP contribution < -0.4 is 0 Å². The number of benzene rings is 1. The summed E-state index contributed by atoms with van der Waals surface area (Å²) in [5, 5.41) is 0.539. The Kier molecular flexibility index (Phi) is 2.68. The van der Waals surface area contributed by atoms with Crippen LogP contribution in [0, 0.1) is 0 Å². The third-order valence-corrected chi connectivity index (χ3v) is 4.23. The van der Waals surface area contributed by atoms with E-state index in [0.29, 0.717) is 23.9 Å². The summed E-state index contributed by atoms with van der Waals surface area (Å²) < 4.78 is 5.32. The molecule has 5 heteroatoms. The van der Waals surface area contributed by atoms with Crippen molar-refractivity contribution >= 4 is 29.3 Å². The Morgan fingerprint density at radius 2 is 2.05 bits per heavy atom. The van der Waals surface area contributed by atoms with Gasteiger partial charge in [-0.2, -0.15) is 0 Å². The van der Waals surface area contributed by atoms with Gasteiger partial charge in [0.05, 0.1) is 19.4 Å². The molecule has 1 amide bonds. The molecule has 2 aliphatic heterocycles. The molecule has 4 rings (SSSR count). The lowest BCUT2D eigenvalue weighted by atomic mass is 10.0. The average Bonchev–Trinajstić information content (AvgIpc) is 3.09. The molecular weight excluding hydrogens is 284 g/mol. The first kappa shape index (κ1) is 12.3. The van der Waals surface area contributed by atoms with E-state index < -0.39 is 0 Å². The smallest absolute Gasteiger partial charge is 0.277 e. The van der Waals surface area contributed by atoms with E-state index >= 15 is 0 Å². The van der Waals surface area contributed by atoms with Crippen LogP contribution >= 0.6 is 12.2 Å². The number of fused-ring (bicyclic) bond motifs is 2. The molecule has 0 spiro atoms. The van der Waals surface area contributed by atoms with Gasteiger partial charge in [0, 0.05) is 0 Å². The minimum atomic E-state index is -0.0640. The van der Waals surface area contributed by atoms with Crippen molar-refractivity contribution in [1.29, 1.82) is 0 Å². The fourth-order valence-electron chi connectivity index (χ4n) is 2.72. The normalized spacial score (nSPS) is 16.9. The van der Waals surface area contributed by atoms with Gasteiger partial charge in [0.1, 0.15) is 11.5 Å². The molecule has 21 heavy (non-hydrogen) atoms. The zero-order valence-electron chi connectivity index (χ0n) is 11.2. The van der Waals surface area contributed by atoms with Crippen LogP contribution in [-0.4, -0.2) is 20.8 Å². The highest BCUT2D eigenvalue weighted by molar-refractivity contribution is 7.80. The number of hydrogen-bond donors (Lipinski definition) is 0. The summed E-state index contributed by atoms with van der Waals surface area (Å²) in [6.07, 6.45) is 3.51. The minimum Gasteiger partial charge on any atom is -0.467 e.